The molecule has 158 valence electrons. The molecule has 0 fully saturated rings. The van der Waals surface area contributed by atoms with Gasteiger partial charge in [-0.1, -0.05) is 46.9 Å². The number of anilines is 1. The van der Waals surface area contributed by atoms with Gasteiger partial charge in [-0.05, 0) is 47.5 Å². The van der Waals surface area contributed by atoms with Crippen molar-refractivity contribution >= 4 is 46.4 Å². The zero-order valence-electron chi connectivity index (χ0n) is 16.3. The summed E-state index contributed by atoms with van der Waals surface area (Å²) in [5.74, 6) is 1.33. The van der Waals surface area contributed by atoms with E-state index in [0.29, 0.717) is 26.8 Å². The molecule has 4 heterocycles. The van der Waals surface area contributed by atoms with Gasteiger partial charge >= 0.3 is 0 Å². The highest BCUT2D eigenvalue weighted by Gasteiger charge is 2.41. The van der Waals surface area contributed by atoms with E-state index >= 15 is 0 Å². The van der Waals surface area contributed by atoms with E-state index in [4.69, 9.17) is 39.5 Å². The van der Waals surface area contributed by atoms with Crippen LogP contribution in [0.3, 0.4) is 0 Å². The second-order valence-electron chi connectivity index (χ2n) is 7.48. The quantitative estimate of drug-likeness (QED) is 0.369. The van der Waals surface area contributed by atoms with Crippen molar-refractivity contribution in [1.29, 1.82) is 0 Å². The molecule has 1 N–H and O–H groups in total. The second-order valence-corrected chi connectivity index (χ2v) is 8.74. The van der Waals surface area contributed by atoms with Crippen molar-refractivity contribution in [3.8, 4) is 5.75 Å². The highest BCUT2D eigenvalue weighted by Crippen LogP contribution is 2.51. The summed E-state index contributed by atoms with van der Waals surface area (Å²) in [7, 11) is 0. The lowest BCUT2D eigenvalue weighted by molar-refractivity contribution is 0.223. The van der Waals surface area contributed by atoms with Crippen LogP contribution in [0.15, 0.2) is 72.8 Å². The molecule has 0 radical (unpaired) electrons. The van der Waals surface area contributed by atoms with Gasteiger partial charge in [0.1, 0.15) is 24.2 Å². The van der Waals surface area contributed by atoms with Crippen molar-refractivity contribution < 1.29 is 4.74 Å². The fraction of sp³-hybridized carbons (Fsp3) is 0.0870. The van der Waals surface area contributed by atoms with Crippen LogP contribution in [0, 0.1) is 0 Å². The van der Waals surface area contributed by atoms with Gasteiger partial charge in [-0.15, -0.1) is 0 Å². The van der Waals surface area contributed by atoms with E-state index in [1.165, 1.54) is 6.33 Å². The molecule has 0 bridgehead atoms. The van der Waals surface area contributed by atoms with Gasteiger partial charge in [0.15, 0.2) is 0 Å². The molecule has 0 amide bonds. The molecule has 2 aliphatic heterocycles. The van der Waals surface area contributed by atoms with Crippen LogP contribution in [0.4, 0.5) is 5.95 Å². The van der Waals surface area contributed by atoms with Gasteiger partial charge in [0.2, 0.25) is 5.95 Å². The summed E-state index contributed by atoms with van der Waals surface area (Å²) in [4.78, 5) is 8.75. The van der Waals surface area contributed by atoms with Gasteiger partial charge in [0.05, 0.1) is 15.7 Å². The molecule has 2 aliphatic rings. The zero-order chi connectivity index (χ0) is 21.8. The summed E-state index contributed by atoms with van der Waals surface area (Å²) < 4.78 is 8.37. The van der Waals surface area contributed by atoms with E-state index in [1.54, 1.807) is 12.3 Å². The molecule has 0 unspecified atom stereocenters. The Hall–Kier alpha value is -3.06. The van der Waals surface area contributed by atoms with Crippen molar-refractivity contribution in [2.75, 3.05) is 5.32 Å². The molecule has 0 spiro atoms. The monoisotopic (exact) mass is 481 g/mol. The number of hydrogen-bond acceptors (Lipinski definition) is 5. The Bertz CT molecular complexity index is 1390. The first-order valence-electron chi connectivity index (χ1n) is 9.82. The van der Waals surface area contributed by atoms with Gasteiger partial charge in [0, 0.05) is 28.6 Å². The molecule has 0 saturated heterocycles. The number of pyridine rings is 1. The molecule has 0 saturated carbocycles. The zero-order valence-corrected chi connectivity index (χ0v) is 18.6. The number of fused-ring (bicyclic) bond motifs is 3. The minimum absolute atomic E-state index is 0.302. The van der Waals surface area contributed by atoms with Crippen LogP contribution < -0.4 is 10.1 Å². The fourth-order valence-corrected chi connectivity index (χ4v) is 4.73. The standard InChI is InChI=1S/C23H14Cl3N5O/c24-14-4-6-18-15(9-14)20-19(22(32-18)12-3-5-16(25)17(26)8-12)21(13-2-1-7-27-10-13)31-23(30-20)28-11-29-31/h1-11,21-22H,(H,28,29,30)/t21-,22-/m0/s1. The van der Waals surface area contributed by atoms with Gasteiger partial charge in [0.25, 0.3) is 0 Å². The smallest absolute Gasteiger partial charge is 0.226 e. The van der Waals surface area contributed by atoms with E-state index in [1.807, 2.05) is 53.3 Å². The van der Waals surface area contributed by atoms with Gasteiger partial charge in [-0.25, -0.2) is 4.68 Å². The summed E-state index contributed by atoms with van der Waals surface area (Å²) in [6.07, 6.45) is 4.64. The van der Waals surface area contributed by atoms with Crippen molar-refractivity contribution in [3.63, 3.8) is 0 Å². The van der Waals surface area contributed by atoms with E-state index in [0.717, 1.165) is 28.0 Å². The Balaban J connectivity index is 1.64. The van der Waals surface area contributed by atoms with Crippen LogP contribution in [0.1, 0.15) is 28.8 Å². The number of hydrogen-bond donors (Lipinski definition) is 1. The van der Waals surface area contributed by atoms with Crippen LogP contribution in [0.25, 0.3) is 5.70 Å². The number of halogens is 3. The maximum atomic E-state index is 6.54. The summed E-state index contributed by atoms with van der Waals surface area (Å²) >= 11 is 18.9. The maximum absolute atomic E-state index is 6.54. The van der Waals surface area contributed by atoms with E-state index in [9.17, 15) is 0 Å². The molecule has 2 aromatic carbocycles. The minimum atomic E-state index is -0.455. The van der Waals surface area contributed by atoms with Gasteiger partial charge in [-0.2, -0.15) is 10.1 Å². The van der Waals surface area contributed by atoms with E-state index in [2.05, 4.69) is 20.4 Å². The molecule has 6 nitrogen and oxygen atoms in total. The van der Waals surface area contributed by atoms with Crippen LogP contribution in [0.2, 0.25) is 15.1 Å². The summed E-state index contributed by atoms with van der Waals surface area (Å²) in [5, 5.41) is 9.48. The summed E-state index contributed by atoms with van der Waals surface area (Å²) in [6, 6.07) is 14.7. The van der Waals surface area contributed by atoms with Crippen LogP contribution >= 0.6 is 34.8 Å². The van der Waals surface area contributed by atoms with Crippen LogP contribution in [0.5, 0.6) is 5.75 Å². The first-order valence-corrected chi connectivity index (χ1v) is 11.0. The molecule has 4 aromatic rings. The Kier molecular flexibility index (Phi) is 4.61. The average molecular weight is 483 g/mol. The average Bonchev–Trinajstić information content (AvgIpc) is 3.28. The number of rotatable bonds is 2. The van der Waals surface area contributed by atoms with Gasteiger partial charge < -0.3 is 10.1 Å². The third kappa shape index (κ3) is 3.06. The Morgan fingerprint density at radius 3 is 2.69 bits per heavy atom. The lowest BCUT2D eigenvalue weighted by Crippen LogP contribution is -2.32. The summed E-state index contributed by atoms with van der Waals surface area (Å²) in [6.45, 7) is 0. The number of ether oxygens (including phenoxy) is 1. The van der Waals surface area contributed by atoms with E-state index < -0.39 is 6.10 Å². The fourth-order valence-electron chi connectivity index (χ4n) is 4.25. The first kappa shape index (κ1) is 19.6. The van der Waals surface area contributed by atoms with Crippen molar-refractivity contribution in [2.45, 2.75) is 12.1 Å². The number of aromatic nitrogens is 4. The lowest BCUT2D eigenvalue weighted by Gasteiger charge is -2.39. The predicted molar refractivity (Wildman–Crippen MR) is 124 cm³/mol. The van der Waals surface area contributed by atoms with Crippen LogP contribution in [-0.2, 0) is 0 Å². The molecule has 2 aromatic heterocycles. The minimum Gasteiger partial charge on any atom is -0.480 e. The van der Waals surface area contributed by atoms with Gasteiger partial charge in [-0.3, -0.25) is 4.98 Å². The number of benzene rings is 2. The third-order valence-corrected chi connectivity index (χ3v) is 6.60. The second kappa shape index (κ2) is 7.52. The largest absolute Gasteiger partial charge is 0.480 e. The molecular formula is C23H14Cl3N5O. The Morgan fingerprint density at radius 1 is 0.969 bits per heavy atom. The third-order valence-electron chi connectivity index (χ3n) is 5.62. The highest BCUT2D eigenvalue weighted by molar-refractivity contribution is 6.42. The topological polar surface area (TPSA) is 64.9 Å². The number of nitrogens with one attached hydrogen (secondary N) is 1. The van der Waals surface area contributed by atoms with Crippen molar-refractivity contribution in [1.82, 2.24) is 19.7 Å². The normalized spacial score (nSPS) is 18.8. The Morgan fingerprint density at radius 2 is 1.88 bits per heavy atom. The highest BCUT2D eigenvalue weighted by atomic mass is 35.5. The molecular weight excluding hydrogens is 469 g/mol. The molecule has 6 rings (SSSR count). The van der Waals surface area contributed by atoms with Crippen molar-refractivity contribution in [2.24, 2.45) is 0 Å². The van der Waals surface area contributed by atoms with Crippen LogP contribution in [-0.4, -0.2) is 19.7 Å². The first-order chi connectivity index (χ1) is 15.6. The molecule has 9 heteroatoms. The molecule has 32 heavy (non-hydrogen) atoms. The number of nitrogens with zero attached hydrogens (tertiary/aromatic N) is 4. The van der Waals surface area contributed by atoms with Crippen molar-refractivity contribution in [3.05, 3.63) is 105 Å². The lowest BCUT2D eigenvalue weighted by atomic mass is 9.85. The Labute approximate surface area is 198 Å². The summed E-state index contributed by atoms with van der Waals surface area (Å²) in [5.41, 5.74) is 4.49. The maximum Gasteiger partial charge on any atom is 0.226 e. The molecule has 2 atom stereocenters. The van der Waals surface area contributed by atoms with E-state index in [-0.39, 0.29) is 6.04 Å². The SMILES string of the molecule is Clc1ccc2c(c1)C1=C([C@H](c3ccc(Cl)c(Cl)c3)O2)[C@H](c2cccnc2)n2ncnc2N1. The molecule has 0 aliphatic carbocycles. The predicted octanol–water partition coefficient (Wildman–Crippen LogP) is 6.19.